The lowest BCUT2D eigenvalue weighted by Crippen LogP contribution is -2.46. The number of carbonyl (C=O) groups is 1. The van der Waals surface area contributed by atoms with Gasteiger partial charge in [-0.25, -0.2) is 4.79 Å². The number of ether oxygens (including phenoxy) is 3. The molecule has 3 N–H and O–H groups in total. The Bertz CT molecular complexity index is 1780. The molecule has 1 saturated heterocycles. The van der Waals surface area contributed by atoms with E-state index in [0.29, 0.717) is 23.2 Å². The van der Waals surface area contributed by atoms with Gasteiger partial charge in [0.2, 0.25) is 17.4 Å². The highest BCUT2D eigenvalue weighted by Gasteiger charge is 2.36. The average Bonchev–Trinajstić information content (AvgIpc) is 3.07. The first-order chi connectivity index (χ1) is 22.8. The molecule has 1 unspecified atom stereocenters. The molecule has 0 spiro atoms. The molecule has 0 bridgehead atoms. The van der Waals surface area contributed by atoms with Crippen molar-refractivity contribution in [1.29, 1.82) is 0 Å². The molecule has 0 radical (unpaired) electrons. The van der Waals surface area contributed by atoms with Crippen LogP contribution >= 0.6 is 0 Å². The zero-order valence-corrected chi connectivity index (χ0v) is 26.2. The van der Waals surface area contributed by atoms with E-state index in [0.717, 1.165) is 49.8 Å². The number of anilines is 2. The summed E-state index contributed by atoms with van der Waals surface area (Å²) in [5.41, 5.74) is 6.62. The number of nitrogens with zero attached hydrogens (tertiary/aromatic N) is 4. The second-order valence-corrected chi connectivity index (χ2v) is 11.6. The van der Waals surface area contributed by atoms with Crippen LogP contribution in [0.15, 0.2) is 115 Å². The van der Waals surface area contributed by atoms with E-state index >= 15 is 0 Å². The Morgan fingerprint density at radius 1 is 0.745 bits per heavy atom. The zero-order chi connectivity index (χ0) is 32.6. The molecule has 1 fully saturated rings. The molecule has 5 aromatic rings. The molecule has 1 atom stereocenters. The van der Waals surface area contributed by atoms with E-state index in [2.05, 4.69) is 31.9 Å². The van der Waals surface area contributed by atoms with Crippen molar-refractivity contribution in [3.63, 3.8) is 0 Å². The molecule has 2 heterocycles. The zero-order valence-electron chi connectivity index (χ0n) is 26.2. The highest BCUT2D eigenvalue weighted by molar-refractivity contribution is 5.78. The summed E-state index contributed by atoms with van der Waals surface area (Å²) in [5.74, 6) is 2.80. The second kappa shape index (κ2) is 14.2. The van der Waals surface area contributed by atoms with Crippen LogP contribution in [0.1, 0.15) is 18.1 Å². The van der Waals surface area contributed by atoms with Crippen LogP contribution in [0, 0.1) is 0 Å². The van der Waals surface area contributed by atoms with Gasteiger partial charge in [-0.2, -0.15) is 9.97 Å². The van der Waals surface area contributed by atoms with Crippen LogP contribution < -0.4 is 24.8 Å². The number of para-hydroxylation sites is 2. The van der Waals surface area contributed by atoms with Gasteiger partial charge in [-0.05, 0) is 66.6 Å². The summed E-state index contributed by atoms with van der Waals surface area (Å²) in [6, 6.07) is 35.9. The Balaban J connectivity index is 1.04. The monoisotopic (exact) mass is 631 g/mol. The van der Waals surface area contributed by atoms with Crippen LogP contribution in [-0.2, 0) is 17.8 Å². The number of carboxylic acid groups (broad SMARTS) is 1. The number of hydrogen-bond acceptors (Lipinski definition) is 9. The van der Waals surface area contributed by atoms with Crippen molar-refractivity contribution in [2.75, 3.05) is 36.8 Å². The fraction of sp³-hybridized carbons (Fsp3) is 0.216. The second-order valence-electron chi connectivity index (χ2n) is 11.6. The van der Waals surface area contributed by atoms with Crippen molar-refractivity contribution >= 4 is 17.7 Å². The van der Waals surface area contributed by atoms with E-state index in [-0.39, 0.29) is 12.4 Å². The molecule has 0 amide bonds. The quantitative estimate of drug-likeness (QED) is 0.159. The topological polar surface area (TPSA) is 123 Å². The minimum absolute atomic E-state index is 0.127. The number of carboxylic acids is 1. The van der Waals surface area contributed by atoms with Gasteiger partial charge in [0, 0.05) is 45.2 Å². The summed E-state index contributed by atoms with van der Waals surface area (Å²) in [6.07, 6.45) is 0.168. The van der Waals surface area contributed by atoms with E-state index in [9.17, 15) is 9.90 Å². The number of piperazine rings is 1. The molecule has 1 aromatic heterocycles. The Morgan fingerprint density at radius 3 is 2.06 bits per heavy atom. The van der Waals surface area contributed by atoms with Gasteiger partial charge in [0.15, 0.2) is 0 Å². The fourth-order valence-electron chi connectivity index (χ4n) is 5.46. The number of nitrogens with two attached hydrogens (primary N) is 1. The van der Waals surface area contributed by atoms with Crippen LogP contribution in [-0.4, -0.2) is 57.7 Å². The maximum Gasteiger partial charge on any atom is 0.348 e. The fourth-order valence-corrected chi connectivity index (χ4v) is 5.46. The standard InChI is InChI=1S/C37H37N5O5/c1-37(35(43)44,47-31-12-6-3-7-13-31)25-27-15-17-30(18-16-27)46-34-24-33(39-36(38)40-34)42-21-19-41(20-22-42)26-28-9-8-14-32(23-28)45-29-10-4-2-5-11-29/h2-18,23-24H,19-22,25-26H2,1H3,(H,43,44)(H2,38,39,40). The van der Waals surface area contributed by atoms with E-state index < -0.39 is 11.6 Å². The maximum absolute atomic E-state index is 12.1. The first-order valence-corrected chi connectivity index (χ1v) is 15.5. The lowest BCUT2D eigenvalue weighted by molar-refractivity contribution is -0.153. The third-order valence-corrected chi connectivity index (χ3v) is 7.91. The van der Waals surface area contributed by atoms with E-state index in [1.165, 1.54) is 5.56 Å². The molecule has 1 aliphatic heterocycles. The van der Waals surface area contributed by atoms with Gasteiger partial charge >= 0.3 is 5.97 Å². The Hall–Kier alpha value is -5.61. The summed E-state index contributed by atoms with van der Waals surface area (Å²) in [4.78, 5) is 25.5. The van der Waals surface area contributed by atoms with Crippen LogP contribution in [0.25, 0.3) is 0 Å². The first-order valence-electron chi connectivity index (χ1n) is 15.5. The normalized spacial score (nSPS) is 14.6. The number of nitrogen functional groups attached to an aromatic ring is 1. The molecule has 6 rings (SSSR count). The van der Waals surface area contributed by atoms with Crippen molar-refractivity contribution in [2.24, 2.45) is 0 Å². The first kappa shape index (κ1) is 31.4. The van der Waals surface area contributed by atoms with Crippen LogP contribution in [0.3, 0.4) is 0 Å². The predicted molar refractivity (Wildman–Crippen MR) is 180 cm³/mol. The number of rotatable bonds is 12. The molecule has 47 heavy (non-hydrogen) atoms. The van der Waals surface area contributed by atoms with Crippen molar-refractivity contribution < 1.29 is 24.1 Å². The third-order valence-electron chi connectivity index (χ3n) is 7.91. The molecular weight excluding hydrogens is 594 g/mol. The minimum Gasteiger partial charge on any atom is -0.478 e. The maximum atomic E-state index is 12.1. The highest BCUT2D eigenvalue weighted by Crippen LogP contribution is 2.28. The number of hydrogen-bond donors (Lipinski definition) is 2. The lowest BCUT2D eigenvalue weighted by Gasteiger charge is -2.35. The summed E-state index contributed by atoms with van der Waals surface area (Å²) < 4.78 is 17.9. The average molecular weight is 632 g/mol. The Labute approximate surface area is 274 Å². The number of aromatic nitrogens is 2. The van der Waals surface area contributed by atoms with Gasteiger partial charge in [0.1, 0.15) is 28.8 Å². The van der Waals surface area contributed by atoms with Crippen molar-refractivity contribution in [3.05, 3.63) is 126 Å². The summed E-state index contributed by atoms with van der Waals surface area (Å²) in [6.45, 7) is 5.65. The lowest BCUT2D eigenvalue weighted by atomic mass is 9.96. The molecule has 0 saturated carbocycles. The predicted octanol–water partition coefficient (Wildman–Crippen LogP) is 6.43. The SMILES string of the molecule is CC(Cc1ccc(Oc2cc(N3CCN(Cc4cccc(Oc5ccccc5)c4)CC3)nc(N)n2)cc1)(Oc1ccccc1)C(=O)O. The Kier molecular flexibility index (Phi) is 9.49. The van der Waals surface area contributed by atoms with E-state index in [1.54, 1.807) is 49.4 Å². The molecule has 1 aliphatic rings. The summed E-state index contributed by atoms with van der Waals surface area (Å²) in [7, 11) is 0. The third kappa shape index (κ3) is 8.36. The molecule has 10 nitrogen and oxygen atoms in total. The van der Waals surface area contributed by atoms with Gasteiger partial charge in [0.05, 0.1) is 0 Å². The van der Waals surface area contributed by atoms with Gasteiger partial charge in [-0.1, -0.05) is 60.7 Å². The molecule has 10 heteroatoms. The van der Waals surface area contributed by atoms with Gasteiger partial charge < -0.3 is 30.0 Å². The molecule has 4 aromatic carbocycles. The van der Waals surface area contributed by atoms with Crippen LogP contribution in [0.2, 0.25) is 0 Å². The van der Waals surface area contributed by atoms with Crippen molar-refractivity contribution in [1.82, 2.24) is 14.9 Å². The number of aliphatic carboxylic acids is 1. The highest BCUT2D eigenvalue weighted by atomic mass is 16.5. The van der Waals surface area contributed by atoms with Crippen LogP contribution in [0.4, 0.5) is 11.8 Å². The largest absolute Gasteiger partial charge is 0.478 e. The van der Waals surface area contributed by atoms with Crippen molar-refractivity contribution in [2.45, 2.75) is 25.5 Å². The van der Waals surface area contributed by atoms with Gasteiger partial charge in [-0.15, -0.1) is 0 Å². The van der Waals surface area contributed by atoms with Crippen LogP contribution in [0.5, 0.6) is 28.9 Å². The van der Waals surface area contributed by atoms with E-state index in [1.807, 2.05) is 60.7 Å². The smallest absolute Gasteiger partial charge is 0.348 e. The summed E-state index contributed by atoms with van der Waals surface area (Å²) in [5, 5.41) is 9.91. The molecular formula is C37H37N5O5. The molecule has 0 aliphatic carbocycles. The summed E-state index contributed by atoms with van der Waals surface area (Å²) >= 11 is 0. The Morgan fingerprint density at radius 2 is 1.38 bits per heavy atom. The minimum atomic E-state index is -1.44. The number of benzene rings is 4. The molecule has 240 valence electrons. The van der Waals surface area contributed by atoms with Gasteiger partial charge in [0.25, 0.3) is 0 Å². The van der Waals surface area contributed by atoms with Gasteiger partial charge in [-0.3, -0.25) is 4.90 Å². The van der Waals surface area contributed by atoms with Crippen molar-refractivity contribution in [3.8, 4) is 28.9 Å². The van der Waals surface area contributed by atoms with E-state index in [4.69, 9.17) is 19.9 Å².